The number of anilines is 1. The van der Waals surface area contributed by atoms with Crippen LogP contribution in [0.3, 0.4) is 0 Å². The molecule has 1 N–H and O–H groups in total. The number of rotatable bonds is 8. The van der Waals surface area contributed by atoms with E-state index < -0.39 is 23.7 Å². The molecule has 1 aliphatic rings. The Morgan fingerprint density at radius 1 is 1.08 bits per heavy atom. The summed E-state index contributed by atoms with van der Waals surface area (Å²) in [5.74, 6) is -1.62. The Labute approximate surface area is 223 Å². The van der Waals surface area contributed by atoms with Crippen LogP contribution in [0.1, 0.15) is 39.5 Å². The minimum Gasteiger partial charge on any atom is -0.507 e. The number of para-hydroxylation sites is 1. The lowest BCUT2D eigenvalue weighted by atomic mass is 9.94. The molecule has 1 fully saturated rings. The number of thiazole rings is 1. The Kier molecular flexibility index (Phi) is 7.67. The molecule has 38 heavy (non-hydrogen) atoms. The molecule has 1 aromatic heterocycles. The summed E-state index contributed by atoms with van der Waals surface area (Å²) in [6.45, 7) is 3.92. The molecule has 1 amide bonds. The maximum atomic E-state index is 13.5. The van der Waals surface area contributed by atoms with Crippen molar-refractivity contribution in [2.75, 3.05) is 32.8 Å². The number of hydrogen-bond donors (Lipinski definition) is 1. The topological polar surface area (TPSA) is 124 Å². The number of aliphatic hydroxyl groups is 1. The first-order valence-corrected chi connectivity index (χ1v) is 12.4. The molecule has 0 aliphatic carbocycles. The average molecular weight is 539 g/mol. The Morgan fingerprint density at radius 2 is 1.79 bits per heavy atom. The van der Waals surface area contributed by atoms with E-state index in [1.165, 1.54) is 21.3 Å². The van der Waals surface area contributed by atoms with Crippen LogP contribution in [0.4, 0.5) is 5.13 Å². The third-order valence-corrected chi connectivity index (χ3v) is 7.11. The number of hydrogen-bond acceptors (Lipinski definition) is 10. The van der Waals surface area contributed by atoms with Gasteiger partial charge in [0.05, 0.1) is 39.2 Å². The molecular formula is C27H26N2O8S. The van der Waals surface area contributed by atoms with Crippen LogP contribution in [-0.2, 0) is 14.3 Å². The molecule has 0 spiro atoms. The van der Waals surface area contributed by atoms with E-state index in [9.17, 15) is 19.5 Å². The summed E-state index contributed by atoms with van der Waals surface area (Å²) in [5.41, 5.74) is 0.856. The molecule has 1 unspecified atom stereocenters. The predicted octanol–water partition coefficient (Wildman–Crippen LogP) is 4.28. The number of aryl methyl sites for hydroxylation is 1. The minimum atomic E-state index is -1.14. The van der Waals surface area contributed by atoms with Crippen LogP contribution in [0, 0.1) is 6.92 Å². The number of benzene rings is 2. The average Bonchev–Trinajstić information content (AvgIpc) is 3.44. The van der Waals surface area contributed by atoms with Crippen LogP contribution in [0.15, 0.2) is 48.0 Å². The van der Waals surface area contributed by atoms with Gasteiger partial charge in [0.15, 0.2) is 16.6 Å². The molecule has 10 nitrogen and oxygen atoms in total. The fourth-order valence-corrected chi connectivity index (χ4v) is 5.26. The minimum absolute atomic E-state index is 0.0885. The SMILES string of the molecule is CCOc1ccc(/C(O)=C2\C(=O)C(=O)N(c3nc(C)c(C(=O)OC)s3)C2c2cccc(OC)c2OC)cc1. The second kappa shape index (κ2) is 10.9. The molecule has 2 aromatic carbocycles. The Bertz CT molecular complexity index is 1430. The largest absolute Gasteiger partial charge is 0.507 e. The highest BCUT2D eigenvalue weighted by atomic mass is 32.1. The van der Waals surface area contributed by atoms with Gasteiger partial charge in [-0.05, 0) is 44.2 Å². The Hall–Kier alpha value is -4.38. The summed E-state index contributed by atoms with van der Waals surface area (Å²) in [7, 11) is 4.14. The van der Waals surface area contributed by atoms with Crippen LogP contribution in [0.5, 0.6) is 17.2 Å². The van der Waals surface area contributed by atoms with Gasteiger partial charge in [0.25, 0.3) is 5.78 Å². The lowest BCUT2D eigenvalue weighted by Crippen LogP contribution is -2.29. The van der Waals surface area contributed by atoms with Gasteiger partial charge in [-0.3, -0.25) is 14.5 Å². The van der Waals surface area contributed by atoms with E-state index in [1.807, 2.05) is 6.92 Å². The fraction of sp³-hybridized carbons (Fsp3) is 0.259. The summed E-state index contributed by atoms with van der Waals surface area (Å²) < 4.78 is 21.3. The third kappa shape index (κ3) is 4.56. The molecule has 2 heterocycles. The number of amides is 1. The normalized spacial score (nSPS) is 16.4. The molecule has 11 heteroatoms. The second-order valence-corrected chi connectivity index (χ2v) is 9.09. The summed E-state index contributed by atoms with van der Waals surface area (Å²) >= 11 is 0.908. The number of methoxy groups -OCH3 is 3. The molecule has 1 aliphatic heterocycles. The molecule has 3 aromatic rings. The van der Waals surface area contributed by atoms with Crippen molar-refractivity contribution in [1.29, 1.82) is 0 Å². The lowest BCUT2D eigenvalue weighted by Gasteiger charge is -2.25. The van der Waals surface area contributed by atoms with Crippen molar-refractivity contribution in [2.24, 2.45) is 0 Å². The lowest BCUT2D eigenvalue weighted by molar-refractivity contribution is -0.132. The van der Waals surface area contributed by atoms with Crippen molar-refractivity contribution >= 4 is 39.9 Å². The molecular weight excluding hydrogens is 512 g/mol. The second-order valence-electron chi connectivity index (χ2n) is 8.11. The smallest absolute Gasteiger partial charge is 0.350 e. The van der Waals surface area contributed by atoms with Gasteiger partial charge in [0.1, 0.15) is 22.4 Å². The van der Waals surface area contributed by atoms with Gasteiger partial charge in [-0.15, -0.1) is 0 Å². The molecule has 4 rings (SSSR count). The van der Waals surface area contributed by atoms with Crippen molar-refractivity contribution in [2.45, 2.75) is 19.9 Å². The molecule has 0 saturated carbocycles. The van der Waals surface area contributed by atoms with Crippen LogP contribution < -0.4 is 19.1 Å². The highest BCUT2D eigenvalue weighted by Crippen LogP contribution is 2.48. The van der Waals surface area contributed by atoms with Crippen LogP contribution in [-0.4, -0.2) is 55.7 Å². The molecule has 1 atom stereocenters. The van der Waals surface area contributed by atoms with Gasteiger partial charge in [0.2, 0.25) is 0 Å². The summed E-state index contributed by atoms with van der Waals surface area (Å²) in [5, 5.41) is 11.5. The van der Waals surface area contributed by atoms with Gasteiger partial charge in [0, 0.05) is 11.1 Å². The fourth-order valence-electron chi connectivity index (χ4n) is 4.25. The maximum Gasteiger partial charge on any atom is 0.350 e. The van der Waals surface area contributed by atoms with Gasteiger partial charge in [-0.1, -0.05) is 23.5 Å². The van der Waals surface area contributed by atoms with Crippen molar-refractivity contribution < 1.29 is 38.4 Å². The van der Waals surface area contributed by atoms with Crippen molar-refractivity contribution in [1.82, 2.24) is 4.98 Å². The monoisotopic (exact) mass is 538 g/mol. The molecule has 1 saturated heterocycles. The quantitative estimate of drug-likeness (QED) is 0.194. The molecule has 0 radical (unpaired) electrons. The number of carbonyl (C=O) groups is 3. The van der Waals surface area contributed by atoms with E-state index in [0.717, 1.165) is 16.2 Å². The number of aliphatic hydroxyl groups excluding tert-OH is 1. The number of carbonyl (C=O) groups excluding carboxylic acids is 3. The van der Waals surface area contributed by atoms with Crippen LogP contribution in [0.2, 0.25) is 0 Å². The molecule has 198 valence electrons. The summed E-state index contributed by atoms with van der Waals surface area (Å²) in [4.78, 5) is 44.9. The Morgan fingerprint density at radius 3 is 2.39 bits per heavy atom. The molecule has 0 bridgehead atoms. The predicted molar refractivity (Wildman–Crippen MR) is 140 cm³/mol. The zero-order chi connectivity index (χ0) is 27.6. The van der Waals surface area contributed by atoms with Crippen molar-refractivity contribution in [3.8, 4) is 17.2 Å². The van der Waals surface area contributed by atoms with Crippen molar-refractivity contribution in [3.63, 3.8) is 0 Å². The Balaban J connectivity index is 1.97. The number of ketones is 1. The zero-order valence-corrected chi connectivity index (χ0v) is 22.3. The van der Waals surface area contributed by atoms with E-state index in [2.05, 4.69) is 4.98 Å². The number of esters is 1. The number of nitrogens with zero attached hydrogens (tertiary/aromatic N) is 2. The van der Waals surface area contributed by atoms with E-state index in [1.54, 1.807) is 49.4 Å². The summed E-state index contributed by atoms with van der Waals surface area (Å²) in [6, 6.07) is 10.4. The summed E-state index contributed by atoms with van der Waals surface area (Å²) in [6.07, 6.45) is 0. The zero-order valence-electron chi connectivity index (χ0n) is 21.4. The highest BCUT2D eigenvalue weighted by Gasteiger charge is 2.49. The number of ether oxygens (including phenoxy) is 4. The van der Waals surface area contributed by atoms with E-state index >= 15 is 0 Å². The first-order chi connectivity index (χ1) is 18.3. The van der Waals surface area contributed by atoms with Crippen LogP contribution >= 0.6 is 11.3 Å². The van der Waals surface area contributed by atoms with Gasteiger partial charge in [-0.25, -0.2) is 9.78 Å². The highest BCUT2D eigenvalue weighted by molar-refractivity contribution is 7.17. The van der Waals surface area contributed by atoms with Crippen molar-refractivity contribution in [3.05, 3.63) is 69.7 Å². The van der Waals surface area contributed by atoms with E-state index in [-0.39, 0.29) is 27.1 Å². The first-order valence-electron chi connectivity index (χ1n) is 11.6. The van der Waals surface area contributed by atoms with Crippen LogP contribution in [0.25, 0.3) is 5.76 Å². The van der Waals surface area contributed by atoms with Gasteiger partial charge in [-0.2, -0.15) is 0 Å². The first kappa shape index (κ1) is 26.7. The van der Waals surface area contributed by atoms with Gasteiger partial charge < -0.3 is 24.1 Å². The van der Waals surface area contributed by atoms with Gasteiger partial charge >= 0.3 is 11.9 Å². The number of Topliss-reactive ketones (excluding diaryl/α,β-unsaturated/α-hetero) is 1. The standard InChI is InChI=1S/C27H26N2O8S/c1-6-37-16-12-10-15(11-13-16)21(30)19-20(17-8-7-9-18(34-3)23(17)35-4)29(25(32)22(19)31)27-28-14(2)24(38-27)26(33)36-5/h7-13,20,30H,6H2,1-5H3/b21-19+. The third-order valence-electron chi connectivity index (χ3n) is 5.97. The maximum absolute atomic E-state index is 13.5. The van der Waals surface area contributed by atoms with E-state index in [4.69, 9.17) is 18.9 Å². The number of aromatic nitrogens is 1. The van der Waals surface area contributed by atoms with E-state index in [0.29, 0.717) is 34.9 Å².